The van der Waals surface area contributed by atoms with Gasteiger partial charge < -0.3 is 10.2 Å². The first-order valence-corrected chi connectivity index (χ1v) is 6.55. The number of aryl methyl sites for hydroxylation is 1. The molecule has 0 radical (unpaired) electrons. The molecule has 1 aromatic carbocycles. The molecule has 4 nitrogen and oxygen atoms in total. The molecule has 1 aromatic rings. The highest BCUT2D eigenvalue weighted by Crippen LogP contribution is 2.18. The first kappa shape index (κ1) is 15.2. The number of carbonyl (C=O) groups is 2. The number of carboxylic acid groups (broad SMARTS) is 1. The summed E-state index contributed by atoms with van der Waals surface area (Å²) >= 11 is 0. The predicted octanol–water partition coefficient (Wildman–Crippen LogP) is 3.31. The number of carbonyl (C=O) groups excluding carboxylic acids is 1. The Morgan fingerprint density at radius 1 is 1.05 bits per heavy atom. The fraction of sp³-hybridized carbons (Fsp3) is 0.467. The monoisotopic (exact) mass is 264 g/mol. The number of Topliss-reactive ketones (excluding diaryl/α,β-unsaturated/α-hetero) is 1. The van der Waals surface area contributed by atoms with E-state index < -0.39 is 5.97 Å². The van der Waals surface area contributed by atoms with Crippen LogP contribution in [0.25, 0.3) is 0 Å². The largest absolute Gasteiger partial charge is 0.508 e. The van der Waals surface area contributed by atoms with E-state index in [1.165, 1.54) is 6.07 Å². The van der Waals surface area contributed by atoms with Crippen molar-refractivity contribution in [1.82, 2.24) is 0 Å². The van der Waals surface area contributed by atoms with E-state index in [0.717, 1.165) is 24.8 Å². The predicted molar refractivity (Wildman–Crippen MR) is 72.5 cm³/mol. The van der Waals surface area contributed by atoms with Crippen LogP contribution in [-0.4, -0.2) is 22.0 Å². The maximum absolute atomic E-state index is 11.9. The maximum Gasteiger partial charge on any atom is 0.303 e. The third kappa shape index (κ3) is 5.55. The van der Waals surface area contributed by atoms with E-state index in [1.54, 1.807) is 19.1 Å². The van der Waals surface area contributed by atoms with Gasteiger partial charge in [-0.15, -0.1) is 0 Å². The van der Waals surface area contributed by atoms with Gasteiger partial charge in [-0.1, -0.05) is 12.8 Å². The smallest absolute Gasteiger partial charge is 0.303 e. The summed E-state index contributed by atoms with van der Waals surface area (Å²) in [6, 6.07) is 4.75. The fourth-order valence-electron chi connectivity index (χ4n) is 2.01. The molecule has 0 fully saturated rings. The van der Waals surface area contributed by atoms with Gasteiger partial charge in [-0.25, -0.2) is 0 Å². The highest BCUT2D eigenvalue weighted by atomic mass is 16.4. The molecule has 1 rings (SSSR count). The van der Waals surface area contributed by atoms with Gasteiger partial charge in [0, 0.05) is 18.4 Å². The average Bonchev–Trinajstić information content (AvgIpc) is 2.32. The number of carboxylic acids is 1. The summed E-state index contributed by atoms with van der Waals surface area (Å²) in [5.74, 6) is -0.519. The van der Waals surface area contributed by atoms with Crippen molar-refractivity contribution in [3.05, 3.63) is 29.3 Å². The molecule has 0 spiro atoms. The van der Waals surface area contributed by atoms with Crippen LogP contribution < -0.4 is 0 Å². The van der Waals surface area contributed by atoms with Crippen LogP contribution in [0.4, 0.5) is 0 Å². The molecule has 0 saturated carbocycles. The van der Waals surface area contributed by atoms with Gasteiger partial charge in [0.1, 0.15) is 5.75 Å². The third-order valence-corrected chi connectivity index (χ3v) is 3.05. The molecule has 0 amide bonds. The number of aromatic hydroxyl groups is 1. The SMILES string of the molecule is Cc1cc(O)ccc1C(=O)CCCCCCC(=O)O. The normalized spacial score (nSPS) is 10.4. The fourth-order valence-corrected chi connectivity index (χ4v) is 2.01. The number of phenolic OH excluding ortho intramolecular Hbond substituents is 1. The van der Waals surface area contributed by atoms with E-state index in [-0.39, 0.29) is 18.0 Å². The Morgan fingerprint density at radius 3 is 2.26 bits per heavy atom. The van der Waals surface area contributed by atoms with E-state index in [0.29, 0.717) is 18.4 Å². The van der Waals surface area contributed by atoms with Crippen molar-refractivity contribution >= 4 is 11.8 Å². The minimum Gasteiger partial charge on any atom is -0.508 e. The van der Waals surface area contributed by atoms with Gasteiger partial charge in [0.25, 0.3) is 0 Å². The Kier molecular flexibility index (Phi) is 6.06. The van der Waals surface area contributed by atoms with E-state index in [9.17, 15) is 14.7 Å². The van der Waals surface area contributed by atoms with Crippen LogP contribution in [0.3, 0.4) is 0 Å². The van der Waals surface area contributed by atoms with Crippen molar-refractivity contribution in [3.63, 3.8) is 0 Å². The lowest BCUT2D eigenvalue weighted by molar-refractivity contribution is -0.137. The quantitative estimate of drug-likeness (QED) is 0.558. The van der Waals surface area contributed by atoms with Gasteiger partial charge in [0.05, 0.1) is 0 Å². The van der Waals surface area contributed by atoms with Crippen molar-refractivity contribution in [3.8, 4) is 5.75 Å². The highest BCUT2D eigenvalue weighted by Gasteiger charge is 2.09. The van der Waals surface area contributed by atoms with E-state index in [1.807, 2.05) is 0 Å². The second-order valence-electron chi connectivity index (χ2n) is 4.73. The van der Waals surface area contributed by atoms with Crippen LogP contribution in [0.1, 0.15) is 54.4 Å². The minimum absolute atomic E-state index is 0.0794. The summed E-state index contributed by atoms with van der Waals surface area (Å²) in [5.41, 5.74) is 1.44. The topological polar surface area (TPSA) is 74.6 Å². The van der Waals surface area contributed by atoms with E-state index >= 15 is 0 Å². The van der Waals surface area contributed by atoms with Gasteiger partial charge in [-0.3, -0.25) is 9.59 Å². The second-order valence-corrected chi connectivity index (χ2v) is 4.73. The van der Waals surface area contributed by atoms with Crippen molar-refractivity contribution < 1.29 is 19.8 Å². The molecule has 0 atom stereocenters. The molecule has 0 aliphatic carbocycles. The van der Waals surface area contributed by atoms with Gasteiger partial charge in [0.15, 0.2) is 5.78 Å². The van der Waals surface area contributed by atoms with Crippen molar-refractivity contribution in [2.45, 2.75) is 45.4 Å². The van der Waals surface area contributed by atoms with Crippen LogP contribution >= 0.6 is 0 Å². The van der Waals surface area contributed by atoms with Gasteiger partial charge in [-0.05, 0) is 43.5 Å². The summed E-state index contributed by atoms with van der Waals surface area (Å²) < 4.78 is 0. The molecule has 0 aromatic heterocycles. The Labute approximate surface area is 113 Å². The van der Waals surface area contributed by atoms with Crippen LogP contribution in [-0.2, 0) is 4.79 Å². The van der Waals surface area contributed by atoms with Crippen LogP contribution in [0.2, 0.25) is 0 Å². The van der Waals surface area contributed by atoms with Crippen molar-refractivity contribution in [1.29, 1.82) is 0 Å². The molecule has 2 N–H and O–H groups in total. The molecule has 0 aliphatic heterocycles. The van der Waals surface area contributed by atoms with Gasteiger partial charge in [-0.2, -0.15) is 0 Å². The number of hydrogen-bond acceptors (Lipinski definition) is 3. The Bertz CT molecular complexity index is 451. The lowest BCUT2D eigenvalue weighted by Crippen LogP contribution is -2.01. The Morgan fingerprint density at radius 2 is 1.68 bits per heavy atom. The lowest BCUT2D eigenvalue weighted by Gasteiger charge is -2.05. The number of hydrogen-bond donors (Lipinski definition) is 2. The molecular formula is C15H20O4. The molecule has 0 bridgehead atoms. The number of phenols is 1. The number of aliphatic carboxylic acids is 1. The van der Waals surface area contributed by atoms with Gasteiger partial charge in [0.2, 0.25) is 0 Å². The highest BCUT2D eigenvalue weighted by molar-refractivity contribution is 5.97. The minimum atomic E-state index is -0.768. The molecule has 0 saturated heterocycles. The van der Waals surface area contributed by atoms with E-state index in [4.69, 9.17) is 5.11 Å². The summed E-state index contributed by atoms with van der Waals surface area (Å²) in [6.07, 6.45) is 3.83. The summed E-state index contributed by atoms with van der Waals surface area (Å²) in [4.78, 5) is 22.3. The number of ketones is 1. The lowest BCUT2D eigenvalue weighted by atomic mass is 10.00. The molecule has 104 valence electrons. The zero-order valence-electron chi connectivity index (χ0n) is 11.2. The van der Waals surface area contributed by atoms with E-state index in [2.05, 4.69) is 0 Å². The zero-order chi connectivity index (χ0) is 14.3. The molecular weight excluding hydrogens is 244 g/mol. The molecule has 19 heavy (non-hydrogen) atoms. The van der Waals surface area contributed by atoms with Crippen LogP contribution in [0.15, 0.2) is 18.2 Å². The third-order valence-electron chi connectivity index (χ3n) is 3.05. The molecule has 0 unspecified atom stereocenters. The molecule has 0 heterocycles. The standard InChI is InChI=1S/C15H20O4/c1-11-10-12(16)8-9-13(11)14(17)6-4-2-3-5-7-15(18)19/h8-10,16H,2-7H2,1H3,(H,18,19). The second kappa shape index (κ2) is 7.56. The maximum atomic E-state index is 11.9. The number of unbranched alkanes of at least 4 members (excludes halogenated alkanes) is 3. The van der Waals surface area contributed by atoms with Crippen molar-refractivity contribution in [2.24, 2.45) is 0 Å². The number of benzene rings is 1. The first-order valence-electron chi connectivity index (χ1n) is 6.55. The Hall–Kier alpha value is -1.84. The Balaban J connectivity index is 2.29. The molecule has 0 aliphatic rings. The van der Waals surface area contributed by atoms with Crippen LogP contribution in [0.5, 0.6) is 5.75 Å². The number of rotatable bonds is 8. The molecule has 4 heteroatoms. The summed E-state index contributed by atoms with van der Waals surface area (Å²) in [6.45, 7) is 1.81. The first-order chi connectivity index (χ1) is 9.00. The van der Waals surface area contributed by atoms with Crippen molar-refractivity contribution in [2.75, 3.05) is 0 Å². The summed E-state index contributed by atoms with van der Waals surface area (Å²) in [7, 11) is 0. The average molecular weight is 264 g/mol. The summed E-state index contributed by atoms with van der Waals surface area (Å²) in [5, 5.41) is 17.8. The zero-order valence-corrected chi connectivity index (χ0v) is 11.2. The van der Waals surface area contributed by atoms with Gasteiger partial charge >= 0.3 is 5.97 Å². The van der Waals surface area contributed by atoms with Crippen LogP contribution in [0, 0.1) is 6.92 Å².